The van der Waals surface area contributed by atoms with Crippen LogP contribution in [0.25, 0.3) is 0 Å². The second-order valence-corrected chi connectivity index (χ2v) is 2.72. The zero-order valence-corrected chi connectivity index (χ0v) is 8.29. The van der Waals surface area contributed by atoms with Crippen molar-refractivity contribution in [2.24, 2.45) is 5.92 Å². The molecule has 2 unspecified atom stereocenters. The molecule has 0 bridgehead atoms. The number of carbonyl (C=O) groups is 1. The van der Waals surface area contributed by atoms with Crippen molar-refractivity contribution in [3.05, 3.63) is 0 Å². The van der Waals surface area contributed by atoms with Crippen LogP contribution in [0.15, 0.2) is 0 Å². The van der Waals surface area contributed by atoms with E-state index >= 15 is 0 Å². The molecule has 0 amide bonds. The largest absolute Gasteiger partial charge is 0.466 e. The van der Waals surface area contributed by atoms with Crippen molar-refractivity contribution >= 4 is 5.97 Å². The van der Waals surface area contributed by atoms with Crippen molar-refractivity contribution in [1.82, 2.24) is 0 Å². The maximum absolute atomic E-state index is 11.2. The van der Waals surface area contributed by atoms with Crippen molar-refractivity contribution < 1.29 is 14.3 Å². The molecule has 0 aliphatic rings. The molecule has 0 spiro atoms. The van der Waals surface area contributed by atoms with E-state index in [-0.39, 0.29) is 18.0 Å². The molecule has 2 atom stereocenters. The molecule has 0 aromatic carbocycles. The van der Waals surface area contributed by atoms with Gasteiger partial charge in [-0.2, -0.15) is 0 Å². The van der Waals surface area contributed by atoms with E-state index in [0.29, 0.717) is 6.61 Å². The molecule has 0 saturated carbocycles. The van der Waals surface area contributed by atoms with Crippen LogP contribution in [0.4, 0.5) is 0 Å². The van der Waals surface area contributed by atoms with E-state index in [1.165, 1.54) is 0 Å². The van der Waals surface area contributed by atoms with Gasteiger partial charge in [0, 0.05) is 7.11 Å². The van der Waals surface area contributed by atoms with Crippen LogP contribution in [-0.4, -0.2) is 25.8 Å². The highest BCUT2D eigenvalue weighted by molar-refractivity contribution is 5.72. The van der Waals surface area contributed by atoms with Crippen LogP contribution in [0, 0.1) is 5.92 Å². The van der Waals surface area contributed by atoms with E-state index in [0.717, 1.165) is 6.42 Å². The molecule has 3 nitrogen and oxygen atoms in total. The molecule has 0 heterocycles. The first-order valence-corrected chi connectivity index (χ1v) is 4.36. The summed E-state index contributed by atoms with van der Waals surface area (Å²) < 4.78 is 10.00. The van der Waals surface area contributed by atoms with Gasteiger partial charge in [0.15, 0.2) is 0 Å². The van der Waals surface area contributed by atoms with Crippen LogP contribution in [0.2, 0.25) is 0 Å². The van der Waals surface area contributed by atoms with Crippen molar-refractivity contribution in [1.29, 1.82) is 0 Å². The minimum atomic E-state index is -0.175. The smallest absolute Gasteiger partial charge is 0.311 e. The van der Waals surface area contributed by atoms with Crippen LogP contribution in [0.1, 0.15) is 27.2 Å². The molecule has 12 heavy (non-hydrogen) atoms. The van der Waals surface area contributed by atoms with Gasteiger partial charge in [0.2, 0.25) is 0 Å². The molecular formula is C9H18O3. The fourth-order valence-corrected chi connectivity index (χ4v) is 1.15. The number of esters is 1. The summed E-state index contributed by atoms with van der Waals surface area (Å²) in [6.45, 7) is 6.06. The van der Waals surface area contributed by atoms with Crippen molar-refractivity contribution in [2.45, 2.75) is 33.3 Å². The average molecular weight is 174 g/mol. The minimum Gasteiger partial charge on any atom is -0.466 e. The van der Waals surface area contributed by atoms with E-state index in [4.69, 9.17) is 9.47 Å². The van der Waals surface area contributed by atoms with Gasteiger partial charge in [-0.3, -0.25) is 4.79 Å². The number of hydrogen-bond donors (Lipinski definition) is 0. The summed E-state index contributed by atoms with van der Waals surface area (Å²) in [4.78, 5) is 11.2. The molecule has 0 fully saturated rings. The second-order valence-electron chi connectivity index (χ2n) is 2.72. The van der Waals surface area contributed by atoms with Crippen molar-refractivity contribution in [2.75, 3.05) is 13.7 Å². The van der Waals surface area contributed by atoms with E-state index in [9.17, 15) is 4.79 Å². The molecule has 0 radical (unpaired) electrons. The monoisotopic (exact) mass is 174 g/mol. The summed E-state index contributed by atoms with van der Waals surface area (Å²) >= 11 is 0. The summed E-state index contributed by atoms with van der Waals surface area (Å²) in [5, 5.41) is 0. The highest BCUT2D eigenvalue weighted by Crippen LogP contribution is 2.11. The third-order valence-corrected chi connectivity index (χ3v) is 1.92. The van der Waals surface area contributed by atoms with E-state index in [1.807, 2.05) is 13.8 Å². The number of ether oxygens (including phenoxy) is 2. The molecule has 0 aliphatic heterocycles. The fraction of sp³-hybridized carbons (Fsp3) is 0.889. The van der Waals surface area contributed by atoms with E-state index in [1.54, 1.807) is 14.0 Å². The lowest BCUT2D eigenvalue weighted by Crippen LogP contribution is -2.28. The lowest BCUT2D eigenvalue weighted by atomic mass is 10.0. The highest BCUT2D eigenvalue weighted by Gasteiger charge is 2.22. The van der Waals surface area contributed by atoms with Crippen LogP contribution in [-0.2, 0) is 14.3 Å². The molecule has 0 aliphatic carbocycles. The van der Waals surface area contributed by atoms with Crippen molar-refractivity contribution in [3.63, 3.8) is 0 Å². The summed E-state index contributed by atoms with van der Waals surface area (Å²) in [7, 11) is 1.61. The Morgan fingerprint density at radius 3 is 2.33 bits per heavy atom. The molecule has 0 rings (SSSR count). The lowest BCUT2D eigenvalue weighted by Gasteiger charge is -2.19. The Labute approximate surface area is 74.0 Å². The summed E-state index contributed by atoms with van der Waals surface area (Å²) in [6.07, 6.45) is 0.806. The van der Waals surface area contributed by atoms with Crippen LogP contribution < -0.4 is 0 Å². The van der Waals surface area contributed by atoms with Gasteiger partial charge >= 0.3 is 5.97 Å². The number of carbonyl (C=O) groups excluding carboxylic acids is 1. The molecular weight excluding hydrogens is 156 g/mol. The van der Waals surface area contributed by atoms with Gasteiger partial charge < -0.3 is 9.47 Å². The van der Waals surface area contributed by atoms with Gasteiger partial charge in [0.05, 0.1) is 18.6 Å². The number of methoxy groups -OCH3 is 1. The Morgan fingerprint density at radius 1 is 1.42 bits per heavy atom. The third kappa shape index (κ3) is 3.22. The molecule has 0 aromatic rings. The van der Waals surface area contributed by atoms with Gasteiger partial charge in [-0.05, 0) is 20.3 Å². The first-order valence-electron chi connectivity index (χ1n) is 4.36. The Balaban J connectivity index is 3.96. The standard InChI is InChI=1S/C9H18O3/c1-5-8(11-4)7(3)9(10)12-6-2/h7-8H,5-6H2,1-4H3. The SMILES string of the molecule is CCOC(=O)C(C)C(CC)OC. The second kappa shape index (κ2) is 6.00. The predicted molar refractivity (Wildman–Crippen MR) is 46.9 cm³/mol. The Kier molecular flexibility index (Phi) is 5.72. The quantitative estimate of drug-likeness (QED) is 0.594. The molecule has 3 heteroatoms. The first-order chi connectivity index (χ1) is 5.67. The summed E-state index contributed by atoms with van der Waals surface area (Å²) in [5.74, 6) is -0.342. The van der Waals surface area contributed by atoms with E-state index in [2.05, 4.69) is 0 Å². The summed E-state index contributed by atoms with van der Waals surface area (Å²) in [6, 6.07) is 0. The zero-order valence-electron chi connectivity index (χ0n) is 8.29. The van der Waals surface area contributed by atoms with Gasteiger partial charge in [-0.25, -0.2) is 0 Å². The highest BCUT2D eigenvalue weighted by atomic mass is 16.5. The summed E-state index contributed by atoms with van der Waals surface area (Å²) in [5.41, 5.74) is 0. The van der Waals surface area contributed by atoms with Crippen LogP contribution >= 0.6 is 0 Å². The predicted octanol–water partition coefficient (Wildman–Crippen LogP) is 1.61. The third-order valence-electron chi connectivity index (χ3n) is 1.92. The topological polar surface area (TPSA) is 35.5 Å². The van der Waals surface area contributed by atoms with Crippen LogP contribution in [0.3, 0.4) is 0 Å². The van der Waals surface area contributed by atoms with Gasteiger partial charge in [0.25, 0.3) is 0 Å². The molecule has 72 valence electrons. The van der Waals surface area contributed by atoms with E-state index < -0.39 is 0 Å². The average Bonchev–Trinajstić information content (AvgIpc) is 2.07. The fourth-order valence-electron chi connectivity index (χ4n) is 1.15. The Hall–Kier alpha value is -0.570. The van der Waals surface area contributed by atoms with Gasteiger partial charge in [-0.15, -0.1) is 0 Å². The maximum Gasteiger partial charge on any atom is 0.311 e. The molecule has 0 aromatic heterocycles. The van der Waals surface area contributed by atoms with Crippen molar-refractivity contribution in [3.8, 4) is 0 Å². The molecule has 0 N–H and O–H groups in total. The van der Waals surface area contributed by atoms with Gasteiger partial charge in [-0.1, -0.05) is 6.92 Å². The number of hydrogen-bond acceptors (Lipinski definition) is 3. The Morgan fingerprint density at radius 2 is 2.00 bits per heavy atom. The first kappa shape index (κ1) is 11.4. The normalized spacial score (nSPS) is 15.3. The van der Waals surface area contributed by atoms with Gasteiger partial charge in [0.1, 0.15) is 0 Å². The molecule has 0 saturated heterocycles. The lowest BCUT2D eigenvalue weighted by molar-refractivity contribution is -0.152. The zero-order chi connectivity index (χ0) is 9.56. The maximum atomic E-state index is 11.2. The number of rotatable bonds is 5. The minimum absolute atomic E-state index is 0.0240. The Bertz CT molecular complexity index is 130. The van der Waals surface area contributed by atoms with Crippen LogP contribution in [0.5, 0.6) is 0 Å².